The quantitative estimate of drug-likeness (QED) is 0.396. The van der Waals surface area contributed by atoms with Crippen LogP contribution in [0.5, 0.6) is 0 Å². The molecule has 0 aliphatic rings. The van der Waals surface area contributed by atoms with Gasteiger partial charge >= 0.3 is 0 Å². The molecule has 1 aromatic heterocycles. The molecule has 0 radical (unpaired) electrons. The fourth-order valence-electron chi connectivity index (χ4n) is 1.33. The number of nitrogens with two attached hydrogens (primary N) is 1. The summed E-state index contributed by atoms with van der Waals surface area (Å²) in [6.07, 6.45) is 0. The van der Waals surface area contributed by atoms with Gasteiger partial charge in [0, 0.05) is 16.6 Å². The van der Waals surface area contributed by atoms with E-state index in [4.69, 9.17) is 10.9 Å². The minimum absolute atomic E-state index is 0.0165. The van der Waals surface area contributed by atoms with Gasteiger partial charge in [-0.15, -0.1) is 11.3 Å². The standard InChI is InChI=1S/C11H9F2N3OS2/c1-5-4-18-11(15-5)19-9-7(12)2-6(3-8(9)13)10(14)16-17/h2-4,17H,1H3,(H2,14,16). The second-order valence-electron chi connectivity index (χ2n) is 3.61. The second-order valence-corrected chi connectivity index (χ2v) is 5.73. The molecule has 1 aromatic carbocycles. The van der Waals surface area contributed by atoms with Crippen LogP contribution in [0.2, 0.25) is 0 Å². The highest BCUT2D eigenvalue weighted by Gasteiger charge is 2.15. The molecule has 1 heterocycles. The van der Waals surface area contributed by atoms with Crippen LogP contribution < -0.4 is 5.73 Å². The Balaban J connectivity index is 2.37. The molecule has 0 aliphatic carbocycles. The van der Waals surface area contributed by atoms with Gasteiger partial charge in [-0.1, -0.05) is 16.9 Å². The van der Waals surface area contributed by atoms with Gasteiger partial charge in [0.25, 0.3) is 0 Å². The monoisotopic (exact) mass is 301 g/mol. The lowest BCUT2D eigenvalue weighted by Crippen LogP contribution is -2.14. The van der Waals surface area contributed by atoms with Gasteiger partial charge in [0.2, 0.25) is 0 Å². The first-order chi connectivity index (χ1) is 9.01. The number of hydrogen-bond acceptors (Lipinski definition) is 5. The predicted molar refractivity (Wildman–Crippen MR) is 69.8 cm³/mol. The fraction of sp³-hybridized carbons (Fsp3) is 0.0909. The zero-order valence-corrected chi connectivity index (χ0v) is 11.4. The molecule has 0 atom stereocenters. The Bertz CT molecular complexity index is 620. The summed E-state index contributed by atoms with van der Waals surface area (Å²) < 4.78 is 28.2. The fourth-order valence-corrected chi connectivity index (χ4v) is 3.11. The third-order valence-corrected chi connectivity index (χ3v) is 4.34. The van der Waals surface area contributed by atoms with Crippen LogP contribution in [0, 0.1) is 18.6 Å². The molecule has 0 saturated carbocycles. The summed E-state index contributed by atoms with van der Waals surface area (Å²) in [7, 11) is 0. The molecule has 100 valence electrons. The highest BCUT2D eigenvalue weighted by atomic mass is 32.2. The number of thiazole rings is 1. The molecule has 0 fully saturated rings. The minimum atomic E-state index is -0.778. The van der Waals surface area contributed by atoms with Crippen molar-refractivity contribution >= 4 is 28.9 Å². The number of aryl methyl sites for hydroxylation is 1. The van der Waals surface area contributed by atoms with E-state index in [0.29, 0.717) is 4.34 Å². The molecule has 4 nitrogen and oxygen atoms in total. The number of nitrogens with zero attached hydrogens (tertiary/aromatic N) is 2. The van der Waals surface area contributed by atoms with E-state index in [2.05, 4.69) is 10.1 Å². The van der Waals surface area contributed by atoms with Crippen LogP contribution in [-0.4, -0.2) is 16.0 Å². The summed E-state index contributed by atoms with van der Waals surface area (Å²) in [6, 6.07) is 2.03. The average molecular weight is 301 g/mol. The normalized spacial score (nSPS) is 11.8. The van der Waals surface area contributed by atoms with Crippen LogP contribution in [0.1, 0.15) is 11.3 Å². The summed E-state index contributed by atoms with van der Waals surface area (Å²) >= 11 is 2.21. The number of oxime groups is 1. The Labute approximate surface area is 116 Å². The number of amidine groups is 1. The van der Waals surface area contributed by atoms with E-state index in [1.807, 2.05) is 0 Å². The van der Waals surface area contributed by atoms with Crippen LogP contribution in [-0.2, 0) is 0 Å². The van der Waals surface area contributed by atoms with Crippen molar-refractivity contribution in [2.24, 2.45) is 10.9 Å². The minimum Gasteiger partial charge on any atom is -0.409 e. The van der Waals surface area contributed by atoms with Gasteiger partial charge in [0.1, 0.15) is 11.6 Å². The highest BCUT2D eigenvalue weighted by Crippen LogP contribution is 2.34. The number of aromatic nitrogens is 1. The molecule has 0 amide bonds. The topological polar surface area (TPSA) is 71.5 Å². The number of halogens is 2. The van der Waals surface area contributed by atoms with E-state index in [9.17, 15) is 8.78 Å². The molecule has 8 heteroatoms. The molecule has 2 aromatic rings. The first-order valence-corrected chi connectivity index (χ1v) is 6.78. The molecular weight excluding hydrogens is 292 g/mol. The molecule has 0 aliphatic heterocycles. The summed E-state index contributed by atoms with van der Waals surface area (Å²) in [5.41, 5.74) is 6.06. The molecule has 2 rings (SSSR count). The Morgan fingerprint density at radius 2 is 2.05 bits per heavy atom. The molecule has 19 heavy (non-hydrogen) atoms. The maximum Gasteiger partial charge on any atom is 0.170 e. The van der Waals surface area contributed by atoms with Gasteiger partial charge in [0.05, 0.1) is 4.90 Å². The van der Waals surface area contributed by atoms with E-state index < -0.39 is 11.6 Å². The van der Waals surface area contributed by atoms with Crippen LogP contribution in [0.25, 0.3) is 0 Å². The molecule has 0 bridgehead atoms. The molecular formula is C11H9F2N3OS2. The zero-order valence-electron chi connectivity index (χ0n) is 9.72. The summed E-state index contributed by atoms with van der Waals surface area (Å²) in [4.78, 5) is 3.96. The van der Waals surface area contributed by atoms with E-state index in [1.54, 1.807) is 12.3 Å². The van der Waals surface area contributed by atoms with Gasteiger partial charge in [-0.05, 0) is 19.1 Å². The van der Waals surface area contributed by atoms with Crippen molar-refractivity contribution in [3.63, 3.8) is 0 Å². The van der Waals surface area contributed by atoms with Gasteiger partial charge in [-0.25, -0.2) is 13.8 Å². The predicted octanol–water partition coefficient (Wildman–Crippen LogP) is 2.98. The summed E-state index contributed by atoms with van der Waals surface area (Å²) in [6.45, 7) is 1.80. The Hall–Kier alpha value is -1.67. The molecule has 0 saturated heterocycles. The summed E-state index contributed by atoms with van der Waals surface area (Å²) in [5.74, 6) is -1.90. The molecule has 3 N–H and O–H groups in total. The van der Waals surface area contributed by atoms with Crippen LogP contribution in [0.4, 0.5) is 8.78 Å². The molecule has 0 unspecified atom stereocenters. The van der Waals surface area contributed by atoms with E-state index >= 15 is 0 Å². The van der Waals surface area contributed by atoms with Crippen LogP contribution >= 0.6 is 23.1 Å². The SMILES string of the molecule is Cc1csc(Sc2c(F)cc(C(N)=NO)cc2F)n1. The van der Waals surface area contributed by atoms with Gasteiger partial charge in [-0.2, -0.15) is 0 Å². The van der Waals surface area contributed by atoms with Crippen molar-refractivity contribution in [1.29, 1.82) is 0 Å². The van der Waals surface area contributed by atoms with Crippen molar-refractivity contribution in [2.75, 3.05) is 0 Å². The molecule has 0 spiro atoms. The lowest BCUT2D eigenvalue weighted by molar-refractivity contribution is 0.318. The largest absolute Gasteiger partial charge is 0.409 e. The van der Waals surface area contributed by atoms with Gasteiger partial charge in [0.15, 0.2) is 10.2 Å². The Morgan fingerprint density at radius 1 is 1.42 bits per heavy atom. The lowest BCUT2D eigenvalue weighted by atomic mass is 10.2. The number of rotatable bonds is 3. The maximum absolute atomic E-state index is 13.8. The van der Waals surface area contributed by atoms with Gasteiger partial charge in [-0.3, -0.25) is 0 Å². The Morgan fingerprint density at radius 3 is 2.53 bits per heavy atom. The number of hydrogen-bond donors (Lipinski definition) is 2. The summed E-state index contributed by atoms with van der Waals surface area (Å²) in [5, 5.41) is 13.0. The van der Waals surface area contributed by atoms with E-state index in [1.165, 1.54) is 11.3 Å². The van der Waals surface area contributed by atoms with Crippen molar-refractivity contribution in [3.05, 3.63) is 40.4 Å². The van der Waals surface area contributed by atoms with Crippen molar-refractivity contribution < 1.29 is 14.0 Å². The number of benzene rings is 1. The first kappa shape index (κ1) is 13.8. The zero-order chi connectivity index (χ0) is 14.0. The lowest BCUT2D eigenvalue weighted by Gasteiger charge is -2.05. The van der Waals surface area contributed by atoms with Crippen molar-refractivity contribution in [1.82, 2.24) is 4.98 Å². The third-order valence-electron chi connectivity index (χ3n) is 2.19. The van der Waals surface area contributed by atoms with Crippen LogP contribution in [0.15, 0.2) is 31.9 Å². The van der Waals surface area contributed by atoms with E-state index in [0.717, 1.165) is 29.6 Å². The third kappa shape index (κ3) is 3.02. The van der Waals surface area contributed by atoms with Crippen molar-refractivity contribution in [3.8, 4) is 0 Å². The second kappa shape index (κ2) is 5.54. The highest BCUT2D eigenvalue weighted by molar-refractivity contribution is 8.01. The smallest absolute Gasteiger partial charge is 0.170 e. The van der Waals surface area contributed by atoms with Crippen LogP contribution in [0.3, 0.4) is 0 Å². The van der Waals surface area contributed by atoms with Gasteiger partial charge < -0.3 is 10.9 Å². The van der Waals surface area contributed by atoms with E-state index in [-0.39, 0.29) is 16.3 Å². The van der Waals surface area contributed by atoms with Crippen molar-refractivity contribution in [2.45, 2.75) is 16.2 Å². The Kier molecular flexibility index (Phi) is 4.01. The average Bonchev–Trinajstić information content (AvgIpc) is 2.78. The first-order valence-electron chi connectivity index (χ1n) is 5.08. The maximum atomic E-state index is 13.8.